The topological polar surface area (TPSA) is 66.3 Å². The minimum Gasteiger partial charge on any atom is -0.335 e. The van der Waals surface area contributed by atoms with Gasteiger partial charge < -0.3 is 19.7 Å². The molecule has 3 heterocycles. The Kier molecular flexibility index (Phi) is 6.77. The van der Waals surface area contributed by atoms with Crippen LogP contribution in [-0.4, -0.2) is 68.6 Å². The van der Waals surface area contributed by atoms with Gasteiger partial charge in [-0.05, 0) is 51.6 Å². The summed E-state index contributed by atoms with van der Waals surface area (Å²) >= 11 is 1.78. The second-order valence-corrected chi connectivity index (χ2v) is 9.49. The fourth-order valence-electron chi connectivity index (χ4n) is 4.80. The molecule has 0 spiro atoms. The molecule has 4 rings (SSSR count). The number of rotatable bonds is 6. The first-order chi connectivity index (χ1) is 13.7. The molecular formula is C20H34N6OS. The maximum absolute atomic E-state index is 12.9. The first kappa shape index (κ1) is 20.0. The van der Waals surface area contributed by atoms with E-state index >= 15 is 0 Å². The van der Waals surface area contributed by atoms with Crippen LogP contribution in [0.1, 0.15) is 69.7 Å². The van der Waals surface area contributed by atoms with Gasteiger partial charge >= 0.3 is 6.03 Å². The monoisotopic (exact) mass is 406 g/mol. The lowest BCUT2D eigenvalue weighted by Gasteiger charge is -2.29. The van der Waals surface area contributed by atoms with Gasteiger partial charge in [0.1, 0.15) is 0 Å². The van der Waals surface area contributed by atoms with Gasteiger partial charge in [0.2, 0.25) is 0 Å². The van der Waals surface area contributed by atoms with Crippen molar-refractivity contribution in [2.24, 2.45) is 7.05 Å². The van der Waals surface area contributed by atoms with Crippen molar-refractivity contribution < 1.29 is 4.79 Å². The number of nitrogens with one attached hydrogen (secondary N) is 1. The molecule has 2 saturated heterocycles. The molecule has 1 N–H and O–H groups in total. The molecule has 0 radical (unpaired) electrons. The zero-order valence-electron chi connectivity index (χ0n) is 17.1. The summed E-state index contributed by atoms with van der Waals surface area (Å²) < 4.78 is 2.10. The zero-order valence-corrected chi connectivity index (χ0v) is 17.9. The Balaban J connectivity index is 1.34. The molecule has 1 aliphatic carbocycles. The van der Waals surface area contributed by atoms with Crippen LogP contribution < -0.4 is 5.32 Å². The predicted molar refractivity (Wildman–Crippen MR) is 111 cm³/mol. The van der Waals surface area contributed by atoms with Crippen molar-refractivity contribution in [2.45, 2.75) is 75.0 Å². The van der Waals surface area contributed by atoms with Crippen molar-refractivity contribution >= 4 is 17.8 Å². The summed E-state index contributed by atoms with van der Waals surface area (Å²) in [6.07, 6.45) is 10.7. The molecule has 2 aliphatic heterocycles. The van der Waals surface area contributed by atoms with Gasteiger partial charge in [-0.15, -0.1) is 10.2 Å². The van der Waals surface area contributed by atoms with Crippen LogP contribution in [0, 0.1) is 0 Å². The summed E-state index contributed by atoms with van der Waals surface area (Å²) in [6, 6.07) is 0.480. The van der Waals surface area contributed by atoms with Gasteiger partial charge in [0.15, 0.2) is 11.0 Å². The first-order valence-electron chi connectivity index (χ1n) is 11.0. The molecule has 156 valence electrons. The lowest BCUT2D eigenvalue weighted by Crippen LogP contribution is -2.45. The fraction of sp³-hybridized carbons (Fsp3) is 0.850. The van der Waals surface area contributed by atoms with Crippen LogP contribution in [0.5, 0.6) is 0 Å². The van der Waals surface area contributed by atoms with Crippen LogP contribution in [0.3, 0.4) is 0 Å². The molecule has 0 aromatic carbocycles. The number of aromatic nitrogens is 3. The minimum absolute atomic E-state index is 0.0500. The lowest BCUT2D eigenvalue weighted by atomic mass is 9.96. The smallest absolute Gasteiger partial charge is 0.318 e. The average molecular weight is 407 g/mol. The maximum atomic E-state index is 12.9. The van der Waals surface area contributed by atoms with E-state index in [1.807, 2.05) is 11.9 Å². The largest absolute Gasteiger partial charge is 0.335 e. The summed E-state index contributed by atoms with van der Waals surface area (Å²) in [5.74, 6) is 1.97. The number of carbonyl (C=O) groups is 1. The van der Waals surface area contributed by atoms with Gasteiger partial charge in [0.05, 0.1) is 6.04 Å². The van der Waals surface area contributed by atoms with E-state index in [9.17, 15) is 4.79 Å². The van der Waals surface area contributed by atoms with Gasteiger partial charge in [-0.2, -0.15) is 0 Å². The van der Waals surface area contributed by atoms with E-state index in [4.69, 9.17) is 0 Å². The lowest BCUT2D eigenvalue weighted by molar-refractivity contribution is 0.182. The van der Waals surface area contributed by atoms with E-state index < -0.39 is 0 Å². The van der Waals surface area contributed by atoms with E-state index in [0.29, 0.717) is 6.04 Å². The van der Waals surface area contributed by atoms with Crippen molar-refractivity contribution in [3.8, 4) is 0 Å². The van der Waals surface area contributed by atoms with Gasteiger partial charge in [-0.3, -0.25) is 0 Å². The van der Waals surface area contributed by atoms with Crippen LogP contribution in [0.2, 0.25) is 0 Å². The quantitative estimate of drug-likeness (QED) is 0.735. The Morgan fingerprint density at radius 3 is 2.61 bits per heavy atom. The van der Waals surface area contributed by atoms with E-state index in [1.165, 1.54) is 45.2 Å². The molecule has 0 bridgehead atoms. The van der Waals surface area contributed by atoms with Crippen LogP contribution in [0.25, 0.3) is 0 Å². The summed E-state index contributed by atoms with van der Waals surface area (Å²) in [7, 11) is 2.04. The van der Waals surface area contributed by atoms with Crippen molar-refractivity contribution in [2.75, 3.05) is 31.9 Å². The summed E-state index contributed by atoms with van der Waals surface area (Å²) in [5, 5.41) is 13.2. The molecular weight excluding hydrogens is 372 g/mol. The maximum Gasteiger partial charge on any atom is 0.318 e. The summed E-state index contributed by atoms with van der Waals surface area (Å²) in [5.41, 5.74) is 0. The van der Waals surface area contributed by atoms with Crippen molar-refractivity contribution in [3.63, 3.8) is 0 Å². The molecule has 7 nitrogen and oxygen atoms in total. The third-order valence-corrected chi connectivity index (χ3v) is 7.45. The number of hydrogen-bond acceptors (Lipinski definition) is 5. The fourth-order valence-corrected chi connectivity index (χ4v) is 5.71. The highest BCUT2D eigenvalue weighted by atomic mass is 32.2. The Labute approximate surface area is 172 Å². The number of hydrogen-bond donors (Lipinski definition) is 1. The second kappa shape index (κ2) is 9.48. The number of likely N-dealkylation sites (tertiary alicyclic amines) is 2. The Bertz CT molecular complexity index is 653. The Hall–Kier alpha value is -1.28. The molecule has 1 atom stereocenters. The number of nitrogens with zero attached hydrogens (tertiary/aromatic N) is 5. The highest BCUT2D eigenvalue weighted by molar-refractivity contribution is 7.99. The van der Waals surface area contributed by atoms with Gasteiger partial charge in [-0.25, -0.2) is 4.79 Å². The van der Waals surface area contributed by atoms with Gasteiger partial charge in [-0.1, -0.05) is 31.0 Å². The number of urea groups is 1. The first-order valence-corrected chi connectivity index (χ1v) is 12.0. The van der Waals surface area contributed by atoms with Gasteiger partial charge in [0, 0.05) is 31.9 Å². The average Bonchev–Trinajstić information content (AvgIpc) is 3.45. The van der Waals surface area contributed by atoms with Crippen molar-refractivity contribution in [1.82, 2.24) is 29.9 Å². The molecule has 3 fully saturated rings. The normalized spacial score (nSPS) is 24.2. The Morgan fingerprint density at radius 2 is 1.82 bits per heavy atom. The SMILES string of the molecule is Cn1c(SCCN2CCCC2)nnc1[C@H]1CCCN1C(=O)NC1CCCCC1. The molecule has 1 aromatic heterocycles. The minimum atomic E-state index is 0.0500. The Morgan fingerprint density at radius 1 is 1.04 bits per heavy atom. The van der Waals surface area contributed by atoms with E-state index in [0.717, 1.165) is 55.5 Å². The highest BCUT2D eigenvalue weighted by Crippen LogP contribution is 2.32. The number of amides is 2. The van der Waals surface area contributed by atoms with Gasteiger partial charge in [0.25, 0.3) is 0 Å². The van der Waals surface area contributed by atoms with Crippen molar-refractivity contribution in [1.29, 1.82) is 0 Å². The molecule has 28 heavy (non-hydrogen) atoms. The van der Waals surface area contributed by atoms with E-state index in [2.05, 4.69) is 25.0 Å². The standard InChI is InChI=1S/C20H34N6OS/c1-24-18(22-23-20(24)28-15-14-25-11-5-6-12-25)17-10-7-13-26(17)19(27)21-16-8-3-2-4-9-16/h16-17H,2-15H2,1H3,(H,21,27)/t17-/m1/s1. The third kappa shape index (κ3) is 4.64. The van der Waals surface area contributed by atoms with E-state index in [1.54, 1.807) is 11.8 Å². The summed E-state index contributed by atoms with van der Waals surface area (Å²) in [6.45, 7) is 4.40. The number of thioether (sulfide) groups is 1. The zero-order chi connectivity index (χ0) is 19.3. The van der Waals surface area contributed by atoms with Crippen LogP contribution in [-0.2, 0) is 7.05 Å². The highest BCUT2D eigenvalue weighted by Gasteiger charge is 2.34. The van der Waals surface area contributed by atoms with Crippen LogP contribution in [0.4, 0.5) is 4.79 Å². The summed E-state index contributed by atoms with van der Waals surface area (Å²) in [4.78, 5) is 17.4. The third-order valence-electron chi connectivity index (χ3n) is 6.45. The second-order valence-electron chi connectivity index (χ2n) is 8.43. The van der Waals surface area contributed by atoms with Crippen LogP contribution in [0.15, 0.2) is 5.16 Å². The van der Waals surface area contributed by atoms with E-state index in [-0.39, 0.29) is 12.1 Å². The molecule has 3 aliphatic rings. The number of carbonyl (C=O) groups excluding carboxylic acids is 1. The molecule has 0 unspecified atom stereocenters. The van der Waals surface area contributed by atoms with Crippen LogP contribution >= 0.6 is 11.8 Å². The molecule has 8 heteroatoms. The molecule has 1 saturated carbocycles. The molecule has 1 aromatic rings. The molecule has 2 amide bonds. The predicted octanol–water partition coefficient (Wildman–Crippen LogP) is 3.18. The van der Waals surface area contributed by atoms with Crippen molar-refractivity contribution in [3.05, 3.63) is 5.82 Å².